The number of hydrogen-bond acceptors (Lipinski definition) is 4. The Bertz CT molecular complexity index is 3730. The van der Waals surface area contributed by atoms with Crippen molar-refractivity contribution in [3.63, 3.8) is 0 Å². The summed E-state index contributed by atoms with van der Waals surface area (Å²) >= 11 is 0. The molecule has 12 aromatic rings. The Kier molecular flexibility index (Phi) is 9.81. The molecule has 4 heteroatoms. The summed E-state index contributed by atoms with van der Waals surface area (Å²) in [7, 11) is 0. The molecule has 0 fully saturated rings. The molecular weight excluding hydrogens is 801 g/mol. The van der Waals surface area contributed by atoms with Gasteiger partial charge in [0.25, 0.3) is 0 Å². The van der Waals surface area contributed by atoms with E-state index < -0.39 is 0 Å². The Morgan fingerprint density at radius 2 is 0.697 bits per heavy atom. The summed E-state index contributed by atoms with van der Waals surface area (Å²) in [5.74, 6) is 0.648. The van der Waals surface area contributed by atoms with Gasteiger partial charge in [0.2, 0.25) is 0 Å². The van der Waals surface area contributed by atoms with Gasteiger partial charge < -0.3 is 0 Å². The summed E-state index contributed by atoms with van der Waals surface area (Å²) < 4.78 is 0. The number of hydrogen-bond donors (Lipinski definition) is 0. The second kappa shape index (κ2) is 16.7. The highest BCUT2D eigenvalue weighted by molar-refractivity contribution is 6.05. The number of rotatable bonds is 8. The fourth-order valence-corrected chi connectivity index (χ4v) is 9.02. The molecule has 3 heterocycles. The van der Waals surface area contributed by atoms with Crippen LogP contribution in [0.25, 0.3) is 122 Å². The normalized spacial score (nSPS) is 11.3. The van der Waals surface area contributed by atoms with Crippen LogP contribution in [0.1, 0.15) is 0 Å². The molecule has 0 aliphatic heterocycles. The van der Waals surface area contributed by atoms with Crippen LogP contribution in [0.2, 0.25) is 0 Å². The maximum atomic E-state index is 5.51. The zero-order valence-electron chi connectivity index (χ0n) is 35.9. The van der Waals surface area contributed by atoms with E-state index in [4.69, 9.17) is 19.9 Å². The van der Waals surface area contributed by atoms with E-state index in [1.165, 1.54) is 5.56 Å². The first-order valence-corrected chi connectivity index (χ1v) is 22.3. The summed E-state index contributed by atoms with van der Waals surface area (Å²) in [5.41, 5.74) is 18.5. The summed E-state index contributed by atoms with van der Waals surface area (Å²) in [6, 6.07) is 85.4. The van der Waals surface area contributed by atoms with Crippen LogP contribution in [-0.4, -0.2) is 19.9 Å². The average molecular weight is 841 g/mol. The molecule has 0 amide bonds. The average Bonchev–Trinajstić information content (AvgIpc) is 3.40. The van der Waals surface area contributed by atoms with E-state index in [9.17, 15) is 0 Å². The highest BCUT2D eigenvalue weighted by atomic mass is 14.9. The van der Waals surface area contributed by atoms with Crippen molar-refractivity contribution in [2.75, 3.05) is 0 Å². The number of pyridine rings is 2. The summed E-state index contributed by atoms with van der Waals surface area (Å²) in [4.78, 5) is 21.0. The van der Waals surface area contributed by atoms with Crippen LogP contribution >= 0.6 is 0 Å². The summed E-state index contributed by atoms with van der Waals surface area (Å²) in [6.07, 6.45) is 0. The molecule has 0 spiro atoms. The molecule has 0 radical (unpaired) electrons. The third kappa shape index (κ3) is 7.47. The number of fused-ring (bicyclic) bond motifs is 3. The SMILES string of the molecule is c1ccc(-c2cccc(-c3cc(-c4cccc(-c5ccccc5)c4)c4nc(-c5ccc(-c6ccc7ccccc7n6)cc5)nc(-c5ccc(-c6ccc7ccccc7n6)cc5)c4c3)c2)cc1. The molecule has 4 nitrogen and oxygen atoms in total. The number of benzene rings is 9. The lowest BCUT2D eigenvalue weighted by atomic mass is 9.91. The molecule has 0 atom stereocenters. The quantitative estimate of drug-likeness (QED) is 0.153. The van der Waals surface area contributed by atoms with E-state index in [-0.39, 0.29) is 0 Å². The van der Waals surface area contributed by atoms with E-state index >= 15 is 0 Å². The van der Waals surface area contributed by atoms with Gasteiger partial charge in [0.05, 0.1) is 33.6 Å². The standard InChI is InChI=1S/C62H40N4/c1-3-13-41(14-4-1)49-19-11-21-51(37-49)53-39-54(52-22-12-20-50(38-52)42-15-5-2-6-16-42)61-55(40-53)60(47-29-25-45(26-30-47)58-35-33-43-17-7-9-23-56(43)63-58)65-62(66-61)48-31-27-46(28-32-48)59-36-34-44-18-8-10-24-57(44)64-59/h1-40H. The third-order valence-corrected chi connectivity index (χ3v) is 12.5. The van der Waals surface area contributed by atoms with Gasteiger partial charge in [-0.2, -0.15) is 0 Å². The van der Waals surface area contributed by atoms with Gasteiger partial charge in [-0.3, -0.25) is 0 Å². The Morgan fingerprint density at radius 1 is 0.242 bits per heavy atom. The molecule has 0 unspecified atom stereocenters. The van der Waals surface area contributed by atoms with Crippen LogP contribution in [-0.2, 0) is 0 Å². The second-order valence-electron chi connectivity index (χ2n) is 16.6. The van der Waals surface area contributed by atoms with E-state index in [1.54, 1.807) is 0 Å². The summed E-state index contributed by atoms with van der Waals surface area (Å²) in [5, 5.41) is 3.21. The fraction of sp³-hybridized carbons (Fsp3) is 0. The number of para-hydroxylation sites is 2. The van der Waals surface area contributed by atoms with Gasteiger partial charge >= 0.3 is 0 Å². The third-order valence-electron chi connectivity index (χ3n) is 12.5. The molecule has 0 aliphatic rings. The van der Waals surface area contributed by atoms with Crippen molar-refractivity contribution >= 4 is 32.7 Å². The molecule has 9 aromatic carbocycles. The number of aromatic nitrogens is 4. The van der Waals surface area contributed by atoms with Crippen LogP contribution in [0, 0.1) is 0 Å². The first kappa shape index (κ1) is 38.8. The van der Waals surface area contributed by atoms with Crippen LogP contribution in [0.5, 0.6) is 0 Å². The fourth-order valence-electron chi connectivity index (χ4n) is 9.02. The van der Waals surface area contributed by atoms with Crippen molar-refractivity contribution in [3.8, 4) is 89.7 Å². The minimum absolute atomic E-state index is 0.648. The Morgan fingerprint density at radius 3 is 1.27 bits per heavy atom. The molecule has 0 bridgehead atoms. The van der Waals surface area contributed by atoms with E-state index in [1.807, 2.05) is 24.3 Å². The second-order valence-corrected chi connectivity index (χ2v) is 16.6. The molecule has 308 valence electrons. The van der Waals surface area contributed by atoms with Gasteiger partial charge in [0.1, 0.15) is 0 Å². The predicted molar refractivity (Wildman–Crippen MR) is 274 cm³/mol. The van der Waals surface area contributed by atoms with Crippen molar-refractivity contribution < 1.29 is 0 Å². The lowest BCUT2D eigenvalue weighted by Crippen LogP contribution is -1.98. The topological polar surface area (TPSA) is 51.6 Å². The number of nitrogens with zero attached hydrogens (tertiary/aromatic N) is 4. The van der Waals surface area contributed by atoms with Crippen molar-refractivity contribution in [1.82, 2.24) is 19.9 Å². The smallest absolute Gasteiger partial charge is 0.160 e. The predicted octanol–water partition coefficient (Wildman–Crippen LogP) is 16.1. The Labute approximate surface area is 383 Å². The maximum absolute atomic E-state index is 5.51. The van der Waals surface area contributed by atoms with Gasteiger partial charge in [-0.05, 0) is 87.5 Å². The zero-order chi connectivity index (χ0) is 43.8. The molecule has 0 N–H and O–H groups in total. The largest absolute Gasteiger partial charge is 0.248 e. The van der Waals surface area contributed by atoms with Crippen LogP contribution < -0.4 is 0 Å². The lowest BCUT2D eigenvalue weighted by molar-refractivity contribution is 1.23. The van der Waals surface area contributed by atoms with Gasteiger partial charge in [-0.25, -0.2) is 19.9 Å². The van der Waals surface area contributed by atoms with Crippen molar-refractivity contribution in [2.45, 2.75) is 0 Å². The molecule has 66 heavy (non-hydrogen) atoms. The monoisotopic (exact) mass is 840 g/mol. The lowest BCUT2D eigenvalue weighted by Gasteiger charge is -2.17. The van der Waals surface area contributed by atoms with E-state index in [0.29, 0.717) is 5.82 Å². The zero-order valence-corrected chi connectivity index (χ0v) is 35.9. The van der Waals surface area contributed by atoms with E-state index in [0.717, 1.165) is 111 Å². The first-order chi connectivity index (χ1) is 32.7. The van der Waals surface area contributed by atoms with Crippen LogP contribution in [0.3, 0.4) is 0 Å². The molecule has 0 aliphatic carbocycles. The van der Waals surface area contributed by atoms with Crippen LogP contribution in [0.4, 0.5) is 0 Å². The highest BCUT2D eigenvalue weighted by Crippen LogP contribution is 2.41. The Balaban J connectivity index is 1.06. The van der Waals surface area contributed by atoms with Crippen molar-refractivity contribution in [2.24, 2.45) is 0 Å². The molecule has 3 aromatic heterocycles. The van der Waals surface area contributed by atoms with Crippen molar-refractivity contribution in [3.05, 3.63) is 243 Å². The van der Waals surface area contributed by atoms with Crippen LogP contribution in [0.15, 0.2) is 243 Å². The van der Waals surface area contributed by atoms with E-state index in [2.05, 4.69) is 218 Å². The Hall–Kier alpha value is -8.86. The van der Waals surface area contributed by atoms with Gasteiger partial charge in [0.15, 0.2) is 5.82 Å². The minimum atomic E-state index is 0.648. The highest BCUT2D eigenvalue weighted by Gasteiger charge is 2.19. The first-order valence-electron chi connectivity index (χ1n) is 22.3. The molecule has 0 saturated carbocycles. The minimum Gasteiger partial charge on any atom is -0.248 e. The van der Waals surface area contributed by atoms with Crippen molar-refractivity contribution in [1.29, 1.82) is 0 Å². The maximum Gasteiger partial charge on any atom is 0.160 e. The van der Waals surface area contributed by atoms with Gasteiger partial charge in [0, 0.05) is 44.0 Å². The molecule has 0 saturated heterocycles. The van der Waals surface area contributed by atoms with Gasteiger partial charge in [-0.1, -0.05) is 194 Å². The molecule has 12 rings (SSSR count). The summed E-state index contributed by atoms with van der Waals surface area (Å²) in [6.45, 7) is 0. The van der Waals surface area contributed by atoms with Gasteiger partial charge in [-0.15, -0.1) is 0 Å². The molecular formula is C62H40N4.